The monoisotopic (exact) mass is 417 g/mol. The fourth-order valence-corrected chi connectivity index (χ4v) is 2.53. The average molecular weight is 418 g/mol. The van der Waals surface area contributed by atoms with Gasteiger partial charge in [-0.15, -0.1) is 0 Å². The van der Waals surface area contributed by atoms with E-state index in [1.165, 1.54) is 0 Å². The minimum absolute atomic E-state index is 0.185. The fourth-order valence-electron chi connectivity index (χ4n) is 2.13. The first kappa shape index (κ1) is 19.7. The zero-order chi connectivity index (χ0) is 18.9. The second-order valence-electron chi connectivity index (χ2n) is 5.70. The predicted molar refractivity (Wildman–Crippen MR) is 104 cm³/mol. The lowest BCUT2D eigenvalue weighted by atomic mass is 10.2. The van der Waals surface area contributed by atoms with Crippen LogP contribution in [0.4, 0.5) is 5.69 Å². The highest BCUT2D eigenvalue weighted by molar-refractivity contribution is 9.10. The Morgan fingerprint density at radius 1 is 0.923 bits per heavy atom. The van der Waals surface area contributed by atoms with Gasteiger partial charge in [0.2, 0.25) is 0 Å². The third-order valence-electron chi connectivity index (χ3n) is 3.53. The van der Waals surface area contributed by atoms with Crippen molar-refractivity contribution in [2.24, 2.45) is 0 Å². The van der Waals surface area contributed by atoms with Crippen LogP contribution in [0.25, 0.3) is 0 Å². The van der Waals surface area contributed by atoms with Crippen LogP contribution in [0.3, 0.4) is 0 Å². The Balaban J connectivity index is 1.65. The largest absolute Gasteiger partial charge is 0.352 e. The quantitative estimate of drug-likeness (QED) is 0.498. The number of carbonyl (C=O) groups excluding carboxylic acids is 3. The molecular weight excluding hydrogens is 398 g/mol. The summed E-state index contributed by atoms with van der Waals surface area (Å²) in [7, 11) is 0. The second kappa shape index (κ2) is 9.72. The lowest BCUT2D eigenvalue weighted by Crippen LogP contribution is -2.37. The summed E-state index contributed by atoms with van der Waals surface area (Å²) in [5.41, 5.74) is 2.19. The van der Waals surface area contributed by atoms with Gasteiger partial charge in [0.25, 0.3) is 5.91 Å². The van der Waals surface area contributed by atoms with Gasteiger partial charge in [0.05, 0.1) is 0 Å². The summed E-state index contributed by atoms with van der Waals surface area (Å²) in [5, 5.41) is 7.82. The van der Waals surface area contributed by atoms with Crippen molar-refractivity contribution >= 4 is 39.3 Å². The van der Waals surface area contributed by atoms with Crippen LogP contribution < -0.4 is 16.0 Å². The number of hydrogen-bond donors (Lipinski definition) is 3. The van der Waals surface area contributed by atoms with Gasteiger partial charge in [0.15, 0.2) is 0 Å². The van der Waals surface area contributed by atoms with E-state index in [-0.39, 0.29) is 5.91 Å². The summed E-state index contributed by atoms with van der Waals surface area (Å²) >= 11 is 3.31. The third-order valence-corrected chi connectivity index (χ3v) is 4.02. The molecule has 0 atom stereocenters. The van der Waals surface area contributed by atoms with Crippen molar-refractivity contribution < 1.29 is 14.4 Å². The van der Waals surface area contributed by atoms with Crippen molar-refractivity contribution in [1.29, 1.82) is 0 Å². The molecule has 6 nitrogen and oxygen atoms in total. The predicted octanol–water partition coefficient (Wildman–Crippen LogP) is 2.63. The molecule has 0 aliphatic heterocycles. The average Bonchev–Trinajstić information content (AvgIpc) is 2.63. The van der Waals surface area contributed by atoms with E-state index < -0.39 is 11.8 Å². The van der Waals surface area contributed by atoms with Crippen molar-refractivity contribution in [3.8, 4) is 0 Å². The molecule has 0 fully saturated rings. The molecule has 0 spiro atoms. The number of amides is 3. The number of halogens is 1. The summed E-state index contributed by atoms with van der Waals surface area (Å²) in [6, 6.07) is 14.2. The molecule has 3 N–H and O–H groups in total. The maximum absolute atomic E-state index is 11.9. The highest BCUT2D eigenvalue weighted by Crippen LogP contribution is 2.11. The second-order valence-corrected chi connectivity index (χ2v) is 6.61. The van der Waals surface area contributed by atoms with Gasteiger partial charge < -0.3 is 16.0 Å². The molecule has 3 amide bonds. The lowest BCUT2D eigenvalue weighted by Gasteiger charge is -2.08. The number of hydrogen-bond acceptors (Lipinski definition) is 3. The van der Waals surface area contributed by atoms with Crippen molar-refractivity contribution in [1.82, 2.24) is 10.6 Å². The van der Waals surface area contributed by atoms with Crippen LogP contribution in [0.1, 0.15) is 22.3 Å². The van der Waals surface area contributed by atoms with Gasteiger partial charge in [-0.05, 0) is 43.7 Å². The number of anilines is 1. The molecule has 0 aliphatic carbocycles. The molecule has 2 aromatic rings. The molecule has 7 heteroatoms. The Bertz CT molecular complexity index is 791. The number of benzene rings is 2. The SMILES string of the molecule is Cc1ccc(NC(=O)C(=O)NCCCNC(=O)c2cccc(Br)c2)cc1. The van der Waals surface area contributed by atoms with Gasteiger partial charge >= 0.3 is 11.8 Å². The van der Waals surface area contributed by atoms with Crippen molar-refractivity contribution in [2.75, 3.05) is 18.4 Å². The van der Waals surface area contributed by atoms with Gasteiger partial charge in [0, 0.05) is 28.8 Å². The summed E-state index contributed by atoms with van der Waals surface area (Å²) in [6.45, 7) is 2.62. The summed E-state index contributed by atoms with van der Waals surface area (Å²) < 4.78 is 0.831. The van der Waals surface area contributed by atoms with E-state index in [2.05, 4.69) is 31.9 Å². The molecule has 2 rings (SSSR count). The van der Waals surface area contributed by atoms with Crippen LogP contribution in [-0.4, -0.2) is 30.8 Å². The number of carbonyl (C=O) groups is 3. The first-order valence-electron chi connectivity index (χ1n) is 8.15. The molecule has 0 aliphatic rings. The Labute approximate surface area is 160 Å². The fraction of sp³-hybridized carbons (Fsp3) is 0.211. The summed E-state index contributed by atoms with van der Waals surface area (Å²) in [6.07, 6.45) is 0.517. The maximum atomic E-state index is 11.9. The van der Waals surface area contributed by atoms with Crippen LogP contribution in [0.5, 0.6) is 0 Å². The lowest BCUT2D eigenvalue weighted by molar-refractivity contribution is -0.136. The zero-order valence-electron chi connectivity index (χ0n) is 14.3. The van der Waals surface area contributed by atoms with E-state index in [0.29, 0.717) is 30.8 Å². The van der Waals surface area contributed by atoms with Gasteiger partial charge in [-0.25, -0.2) is 0 Å². The van der Waals surface area contributed by atoms with Gasteiger partial charge in [-0.3, -0.25) is 14.4 Å². The molecule has 0 bridgehead atoms. The van der Waals surface area contributed by atoms with E-state index in [1.807, 2.05) is 25.1 Å². The first-order valence-corrected chi connectivity index (χ1v) is 8.94. The normalized spacial score (nSPS) is 10.1. The Morgan fingerprint density at radius 3 is 2.31 bits per heavy atom. The Morgan fingerprint density at radius 2 is 1.62 bits per heavy atom. The molecule has 136 valence electrons. The van der Waals surface area contributed by atoms with E-state index >= 15 is 0 Å². The van der Waals surface area contributed by atoms with Crippen LogP contribution in [0.15, 0.2) is 53.0 Å². The Kier molecular flexibility index (Phi) is 7.35. The first-order chi connectivity index (χ1) is 12.5. The molecule has 0 saturated carbocycles. The third kappa shape index (κ3) is 6.33. The number of rotatable bonds is 6. The molecule has 0 aromatic heterocycles. The Hall–Kier alpha value is -2.67. The summed E-state index contributed by atoms with van der Waals surface area (Å²) in [5.74, 6) is -1.61. The van der Waals surface area contributed by atoms with E-state index in [4.69, 9.17) is 0 Å². The standard InChI is InChI=1S/C19H20BrN3O3/c1-13-6-8-16(9-7-13)23-19(26)18(25)22-11-3-10-21-17(24)14-4-2-5-15(20)12-14/h2,4-9,12H,3,10-11H2,1H3,(H,21,24)(H,22,25)(H,23,26). The van der Waals surface area contributed by atoms with Crippen molar-refractivity contribution in [3.05, 3.63) is 64.1 Å². The minimum Gasteiger partial charge on any atom is -0.352 e. The van der Waals surface area contributed by atoms with Crippen molar-refractivity contribution in [2.45, 2.75) is 13.3 Å². The molecule has 0 heterocycles. The smallest absolute Gasteiger partial charge is 0.313 e. The van der Waals surface area contributed by atoms with Gasteiger partial charge in [-0.1, -0.05) is 39.7 Å². The number of aryl methyl sites for hydroxylation is 1. The highest BCUT2D eigenvalue weighted by Gasteiger charge is 2.13. The number of nitrogens with one attached hydrogen (secondary N) is 3. The van der Waals surface area contributed by atoms with Crippen LogP contribution in [0.2, 0.25) is 0 Å². The van der Waals surface area contributed by atoms with E-state index in [9.17, 15) is 14.4 Å². The molecule has 0 saturated heterocycles. The van der Waals surface area contributed by atoms with Crippen LogP contribution in [0, 0.1) is 6.92 Å². The highest BCUT2D eigenvalue weighted by atomic mass is 79.9. The maximum Gasteiger partial charge on any atom is 0.313 e. The zero-order valence-corrected chi connectivity index (χ0v) is 15.9. The van der Waals surface area contributed by atoms with Crippen molar-refractivity contribution in [3.63, 3.8) is 0 Å². The molecule has 0 radical (unpaired) electrons. The van der Waals surface area contributed by atoms with Crippen LogP contribution in [-0.2, 0) is 9.59 Å². The summed E-state index contributed by atoms with van der Waals surface area (Å²) in [4.78, 5) is 35.5. The van der Waals surface area contributed by atoms with E-state index in [1.54, 1.807) is 30.3 Å². The minimum atomic E-state index is -0.716. The molecule has 0 unspecified atom stereocenters. The molecular formula is C19H20BrN3O3. The van der Waals surface area contributed by atoms with Gasteiger partial charge in [-0.2, -0.15) is 0 Å². The topological polar surface area (TPSA) is 87.3 Å². The van der Waals surface area contributed by atoms with Crippen LogP contribution >= 0.6 is 15.9 Å². The molecule has 2 aromatic carbocycles. The molecule has 26 heavy (non-hydrogen) atoms. The van der Waals surface area contributed by atoms with E-state index in [0.717, 1.165) is 10.0 Å². The van der Waals surface area contributed by atoms with Gasteiger partial charge in [0.1, 0.15) is 0 Å².